The van der Waals surface area contributed by atoms with Gasteiger partial charge in [-0.3, -0.25) is 9.79 Å². The number of nitrogens with two attached hydrogens (primary N) is 2. The zero-order valence-corrected chi connectivity index (χ0v) is 21.5. The average molecular weight is 530 g/mol. The number of hydrogen-bond acceptors (Lipinski definition) is 8. The first-order valence-corrected chi connectivity index (χ1v) is 13.7. The third-order valence-electron chi connectivity index (χ3n) is 6.03. The second kappa shape index (κ2) is 11.5. The van der Waals surface area contributed by atoms with Crippen LogP contribution in [-0.4, -0.2) is 49.2 Å². The second-order valence-electron chi connectivity index (χ2n) is 8.76. The Labute approximate surface area is 214 Å². The molecule has 4 aromatic rings. The van der Waals surface area contributed by atoms with Crippen molar-refractivity contribution in [2.24, 2.45) is 5.73 Å². The number of benzene rings is 2. The number of imidazole rings is 1. The van der Waals surface area contributed by atoms with Gasteiger partial charge in [-0.25, -0.2) is 14.5 Å². The standard InChI is InChI=1S/C25H32N5O6P/c1-2-3-7-21-29-22-23(30(21)15-17-5-4-6-20(24(17)31)36-37(32,33)34)18-9-8-16(10-12-35-13-11-26)14-19(18)28-25(22)27/h4-6,8-9,14,31H,2-3,7,10-13,15,26H2,1H3,(H2,27,28)(H2,32,33,34). The van der Waals surface area contributed by atoms with Gasteiger partial charge < -0.3 is 30.4 Å². The number of rotatable bonds is 12. The lowest BCUT2D eigenvalue weighted by atomic mass is 10.1. The quantitative estimate of drug-likeness (QED) is 0.135. The minimum absolute atomic E-state index is 0.187. The number of unbranched alkanes of at least 4 members (excludes halogenated alkanes) is 1. The van der Waals surface area contributed by atoms with Crippen LogP contribution in [0.1, 0.15) is 36.7 Å². The van der Waals surface area contributed by atoms with E-state index in [2.05, 4.69) is 16.4 Å². The number of phenols is 1. The molecule has 2 aromatic heterocycles. The lowest BCUT2D eigenvalue weighted by molar-refractivity contribution is 0.145. The van der Waals surface area contributed by atoms with Crippen molar-refractivity contribution in [3.05, 3.63) is 53.3 Å². The van der Waals surface area contributed by atoms with Crippen molar-refractivity contribution in [1.29, 1.82) is 0 Å². The summed E-state index contributed by atoms with van der Waals surface area (Å²) >= 11 is 0. The molecule has 0 saturated heterocycles. The normalized spacial score (nSPS) is 12.0. The van der Waals surface area contributed by atoms with Gasteiger partial charge in [0, 0.05) is 23.9 Å². The number of anilines is 1. The number of aryl methyl sites for hydroxylation is 1. The molecule has 0 aliphatic carbocycles. The van der Waals surface area contributed by atoms with Crippen LogP contribution < -0.4 is 16.0 Å². The van der Waals surface area contributed by atoms with Gasteiger partial charge >= 0.3 is 7.82 Å². The number of para-hydroxylation sites is 1. The van der Waals surface area contributed by atoms with E-state index in [4.69, 9.17) is 21.2 Å². The predicted octanol–water partition coefficient (Wildman–Crippen LogP) is 3.25. The summed E-state index contributed by atoms with van der Waals surface area (Å²) in [5.41, 5.74) is 15.4. The number of hydrogen-bond donors (Lipinski definition) is 5. The van der Waals surface area contributed by atoms with E-state index in [9.17, 15) is 19.5 Å². The minimum Gasteiger partial charge on any atom is -0.504 e. The summed E-state index contributed by atoms with van der Waals surface area (Å²) in [5, 5.41) is 11.6. The number of nitrogen functional groups attached to an aromatic ring is 1. The van der Waals surface area contributed by atoms with Gasteiger partial charge in [-0.05, 0) is 30.5 Å². The van der Waals surface area contributed by atoms with Crippen LogP contribution in [0.15, 0.2) is 36.4 Å². The molecule has 0 atom stereocenters. The molecule has 2 aromatic carbocycles. The highest BCUT2D eigenvalue weighted by atomic mass is 31.2. The molecule has 0 aliphatic heterocycles. The fraction of sp³-hybridized carbons (Fsp3) is 0.360. The maximum absolute atomic E-state index is 11.3. The summed E-state index contributed by atoms with van der Waals surface area (Å²) in [6.07, 6.45) is 3.25. The number of nitrogens with zero attached hydrogens (tertiary/aromatic N) is 3. The van der Waals surface area contributed by atoms with Gasteiger partial charge in [0.1, 0.15) is 11.3 Å². The summed E-state index contributed by atoms with van der Waals surface area (Å²) < 4.78 is 23.5. The highest BCUT2D eigenvalue weighted by Crippen LogP contribution is 2.43. The van der Waals surface area contributed by atoms with E-state index >= 15 is 0 Å². The fourth-order valence-corrected chi connectivity index (χ4v) is 4.70. The minimum atomic E-state index is -4.84. The van der Waals surface area contributed by atoms with Crippen LogP contribution in [0, 0.1) is 0 Å². The van der Waals surface area contributed by atoms with Gasteiger partial charge in [0.15, 0.2) is 17.3 Å². The topological polar surface area (TPSA) is 179 Å². The van der Waals surface area contributed by atoms with E-state index in [1.54, 1.807) is 12.1 Å². The predicted molar refractivity (Wildman–Crippen MR) is 142 cm³/mol. The summed E-state index contributed by atoms with van der Waals surface area (Å²) in [5.74, 6) is 0.439. The molecular formula is C25H32N5O6P. The molecule has 2 heterocycles. The van der Waals surface area contributed by atoms with Gasteiger partial charge in [0.05, 0.1) is 30.8 Å². The van der Waals surface area contributed by atoms with Crippen molar-refractivity contribution in [3.63, 3.8) is 0 Å². The molecule has 0 radical (unpaired) electrons. The Morgan fingerprint density at radius 2 is 1.92 bits per heavy atom. The Bertz CT molecular complexity index is 1450. The van der Waals surface area contributed by atoms with E-state index in [1.807, 2.05) is 22.8 Å². The molecule has 12 heteroatoms. The number of aromatic nitrogens is 3. The highest BCUT2D eigenvalue weighted by Gasteiger charge is 2.22. The third kappa shape index (κ3) is 6.20. The van der Waals surface area contributed by atoms with Crippen molar-refractivity contribution in [2.45, 2.75) is 39.2 Å². The number of phosphoric acid groups is 1. The molecule has 198 valence electrons. The van der Waals surface area contributed by atoms with E-state index < -0.39 is 7.82 Å². The maximum Gasteiger partial charge on any atom is 0.524 e. The van der Waals surface area contributed by atoms with Crippen molar-refractivity contribution >= 4 is 35.6 Å². The summed E-state index contributed by atoms with van der Waals surface area (Å²) in [7, 11) is -4.84. The third-order valence-corrected chi connectivity index (χ3v) is 6.46. The molecule has 0 saturated carbocycles. The highest BCUT2D eigenvalue weighted by molar-refractivity contribution is 7.46. The van der Waals surface area contributed by atoms with Crippen LogP contribution in [0.3, 0.4) is 0 Å². The van der Waals surface area contributed by atoms with Crippen LogP contribution in [0.2, 0.25) is 0 Å². The fourth-order valence-electron chi connectivity index (χ4n) is 4.30. The Morgan fingerprint density at radius 3 is 2.65 bits per heavy atom. The molecule has 0 fully saturated rings. The molecule has 11 nitrogen and oxygen atoms in total. The van der Waals surface area contributed by atoms with Crippen LogP contribution in [0.25, 0.3) is 21.9 Å². The maximum atomic E-state index is 11.3. The summed E-state index contributed by atoms with van der Waals surface area (Å²) in [6.45, 7) is 3.80. The molecular weight excluding hydrogens is 497 g/mol. The smallest absolute Gasteiger partial charge is 0.504 e. The van der Waals surface area contributed by atoms with Gasteiger partial charge in [0.2, 0.25) is 0 Å². The van der Waals surface area contributed by atoms with E-state index in [-0.39, 0.29) is 18.0 Å². The molecule has 7 N–H and O–H groups in total. The molecule has 4 rings (SSSR count). The van der Waals surface area contributed by atoms with Crippen LogP contribution in [0.5, 0.6) is 11.5 Å². The number of aromatic hydroxyl groups is 1. The van der Waals surface area contributed by atoms with Crippen molar-refractivity contribution in [2.75, 3.05) is 25.5 Å². The van der Waals surface area contributed by atoms with Crippen molar-refractivity contribution in [1.82, 2.24) is 14.5 Å². The average Bonchev–Trinajstić information content (AvgIpc) is 3.21. The molecule has 0 bridgehead atoms. The first kappa shape index (κ1) is 26.8. The van der Waals surface area contributed by atoms with Gasteiger partial charge in [-0.2, -0.15) is 0 Å². The van der Waals surface area contributed by atoms with Gasteiger partial charge in [-0.15, -0.1) is 0 Å². The van der Waals surface area contributed by atoms with E-state index in [1.165, 1.54) is 6.07 Å². The van der Waals surface area contributed by atoms with Crippen LogP contribution >= 0.6 is 7.82 Å². The van der Waals surface area contributed by atoms with Gasteiger partial charge in [0.25, 0.3) is 0 Å². The molecule has 0 amide bonds. The zero-order valence-electron chi connectivity index (χ0n) is 20.6. The summed E-state index contributed by atoms with van der Waals surface area (Å²) in [4.78, 5) is 27.8. The number of phenolic OH excluding ortho intramolecular Hbond substituents is 1. The Hall–Kier alpha value is -3.21. The zero-order chi connectivity index (χ0) is 26.6. The van der Waals surface area contributed by atoms with E-state index in [0.29, 0.717) is 55.0 Å². The lowest BCUT2D eigenvalue weighted by Gasteiger charge is -2.15. The monoisotopic (exact) mass is 529 g/mol. The van der Waals surface area contributed by atoms with Crippen LogP contribution in [-0.2, 0) is 28.7 Å². The first-order valence-electron chi connectivity index (χ1n) is 12.1. The lowest BCUT2D eigenvalue weighted by Crippen LogP contribution is -2.10. The molecule has 0 unspecified atom stereocenters. The first-order chi connectivity index (χ1) is 17.7. The second-order valence-corrected chi connectivity index (χ2v) is 9.92. The number of ether oxygens (including phenoxy) is 1. The Kier molecular flexibility index (Phi) is 8.31. The number of phosphoric ester groups is 1. The largest absolute Gasteiger partial charge is 0.524 e. The van der Waals surface area contributed by atoms with Gasteiger partial charge in [-0.1, -0.05) is 37.6 Å². The number of pyridine rings is 1. The molecule has 0 spiro atoms. The summed E-state index contributed by atoms with van der Waals surface area (Å²) in [6, 6.07) is 10.5. The Morgan fingerprint density at radius 1 is 1.11 bits per heavy atom. The van der Waals surface area contributed by atoms with Crippen molar-refractivity contribution < 1.29 is 28.7 Å². The number of fused-ring (bicyclic) bond motifs is 3. The SMILES string of the molecule is CCCCc1nc2c(N)nc3cc(CCOCCN)ccc3c2n1Cc1cccc(OP(=O)(O)O)c1O. The van der Waals surface area contributed by atoms with Crippen LogP contribution in [0.4, 0.5) is 5.82 Å². The Balaban J connectivity index is 1.81. The molecule has 37 heavy (non-hydrogen) atoms. The molecule has 0 aliphatic rings. The van der Waals surface area contributed by atoms with Crippen molar-refractivity contribution in [3.8, 4) is 11.5 Å². The van der Waals surface area contributed by atoms with E-state index in [0.717, 1.165) is 35.1 Å².